The highest BCUT2D eigenvalue weighted by molar-refractivity contribution is 5.37. The molecule has 0 saturated heterocycles. The number of aryl methyl sites for hydroxylation is 1. The normalized spacial score (nSPS) is 10.8. The summed E-state index contributed by atoms with van der Waals surface area (Å²) >= 11 is 0. The van der Waals surface area contributed by atoms with Crippen LogP contribution < -0.4 is 4.74 Å². The van der Waals surface area contributed by atoms with Gasteiger partial charge in [0.15, 0.2) is 0 Å². The lowest BCUT2D eigenvalue weighted by Crippen LogP contribution is -2.24. The second-order valence-corrected chi connectivity index (χ2v) is 4.77. The molecule has 2 rings (SSSR count). The number of likely N-dealkylation sites (N-methyl/N-ethyl adjacent to an activating group) is 1. The Labute approximate surface area is 122 Å². The fraction of sp³-hybridized carbons (Fsp3) is 0.357. The summed E-state index contributed by atoms with van der Waals surface area (Å²) in [4.78, 5) is 12.3. The Bertz CT molecular complexity index is 612. The van der Waals surface area contributed by atoms with Gasteiger partial charge >= 0.3 is 0 Å². The Balaban J connectivity index is 1.78. The molecule has 7 nitrogen and oxygen atoms in total. The zero-order chi connectivity index (χ0) is 15.2. The molecule has 7 heteroatoms. The highest BCUT2D eigenvalue weighted by atomic mass is 16.6. The first-order chi connectivity index (χ1) is 10.0. The van der Waals surface area contributed by atoms with E-state index in [-0.39, 0.29) is 5.69 Å². The first-order valence-corrected chi connectivity index (χ1v) is 6.52. The van der Waals surface area contributed by atoms with E-state index >= 15 is 0 Å². The van der Waals surface area contributed by atoms with Crippen LogP contribution in [0.2, 0.25) is 0 Å². The molecule has 0 bridgehead atoms. The van der Waals surface area contributed by atoms with Crippen LogP contribution in [-0.2, 0) is 6.54 Å². The molecule has 0 aliphatic heterocycles. The van der Waals surface area contributed by atoms with Crippen LogP contribution in [0.5, 0.6) is 5.75 Å². The molecule has 21 heavy (non-hydrogen) atoms. The van der Waals surface area contributed by atoms with E-state index in [9.17, 15) is 10.1 Å². The average molecular weight is 291 g/mol. The predicted molar refractivity (Wildman–Crippen MR) is 76.2 cm³/mol. The summed E-state index contributed by atoms with van der Waals surface area (Å²) in [6.45, 7) is 3.63. The van der Waals surface area contributed by atoms with E-state index in [1.165, 1.54) is 12.1 Å². The molecule has 0 spiro atoms. The van der Waals surface area contributed by atoms with E-state index in [0.29, 0.717) is 25.4 Å². The molecule has 0 radical (unpaired) electrons. The fourth-order valence-electron chi connectivity index (χ4n) is 1.85. The lowest BCUT2D eigenvalue weighted by molar-refractivity contribution is -0.384. The lowest BCUT2D eigenvalue weighted by atomic mass is 10.3. The van der Waals surface area contributed by atoms with Gasteiger partial charge in [-0.1, -0.05) is 11.2 Å². The van der Waals surface area contributed by atoms with Crippen molar-refractivity contribution in [1.82, 2.24) is 10.1 Å². The zero-order valence-corrected chi connectivity index (χ0v) is 12.0. The van der Waals surface area contributed by atoms with E-state index in [1.807, 2.05) is 24.9 Å². The van der Waals surface area contributed by atoms with Crippen LogP contribution in [0.3, 0.4) is 0 Å². The minimum atomic E-state index is -0.439. The van der Waals surface area contributed by atoms with E-state index in [0.717, 1.165) is 11.5 Å². The standard InChI is InChI=1S/C14H17N3O4/c1-11-8-12(15-21-11)10-16(2)6-7-20-14-5-3-4-13(9-14)17(18)19/h3-5,8-9H,6-7,10H2,1-2H3. The van der Waals surface area contributed by atoms with Crippen molar-refractivity contribution in [2.24, 2.45) is 0 Å². The first kappa shape index (κ1) is 15.0. The predicted octanol–water partition coefficient (Wildman–Crippen LogP) is 2.40. The molecular weight excluding hydrogens is 274 g/mol. The summed E-state index contributed by atoms with van der Waals surface area (Å²) < 4.78 is 10.5. The van der Waals surface area contributed by atoms with Gasteiger partial charge < -0.3 is 9.26 Å². The highest BCUT2D eigenvalue weighted by Crippen LogP contribution is 2.18. The molecule has 1 heterocycles. The number of nitrogens with zero attached hydrogens (tertiary/aromatic N) is 3. The molecule has 0 aliphatic rings. The largest absolute Gasteiger partial charge is 0.492 e. The molecular formula is C14H17N3O4. The van der Waals surface area contributed by atoms with Crippen LogP contribution in [0.1, 0.15) is 11.5 Å². The number of hydrogen-bond donors (Lipinski definition) is 0. The maximum absolute atomic E-state index is 10.7. The van der Waals surface area contributed by atoms with Crippen molar-refractivity contribution in [2.75, 3.05) is 20.2 Å². The van der Waals surface area contributed by atoms with E-state index in [2.05, 4.69) is 5.16 Å². The number of nitro benzene ring substituents is 1. The van der Waals surface area contributed by atoms with Crippen molar-refractivity contribution in [2.45, 2.75) is 13.5 Å². The van der Waals surface area contributed by atoms with Gasteiger partial charge in [-0.3, -0.25) is 15.0 Å². The Hall–Kier alpha value is -2.41. The highest BCUT2D eigenvalue weighted by Gasteiger charge is 2.08. The third-order valence-electron chi connectivity index (χ3n) is 2.88. The molecule has 0 atom stereocenters. The number of benzene rings is 1. The zero-order valence-electron chi connectivity index (χ0n) is 12.0. The molecule has 0 amide bonds. The van der Waals surface area contributed by atoms with Gasteiger partial charge in [-0.05, 0) is 20.0 Å². The minimum absolute atomic E-state index is 0.0268. The van der Waals surface area contributed by atoms with Gasteiger partial charge in [0.05, 0.1) is 16.7 Å². The van der Waals surface area contributed by atoms with Gasteiger partial charge in [0.2, 0.25) is 0 Å². The van der Waals surface area contributed by atoms with Crippen LogP contribution in [0.15, 0.2) is 34.9 Å². The summed E-state index contributed by atoms with van der Waals surface area (Å²) in [7, 11) is 1.95. The second kappa shape index (κ2) is 6.85. The topological polar surface area (TPSA) is 81.6 Å². The summed E-state index contributed by atoms with van der Waals surface area (Å²) in [5, 5.41) is 14.6. The van der Waals surface area contributed by atoms with Gasteiger partial charge in [0, 0.05) is 25.2 Å². The van der Waals surface area contributed by atoms with Crippen LogP contribution >= 0.6 is 0 Å². The molecule has 2 aromatic rings. The van der Waals surface area contributed by atoms with Crippen LogP contribution in [-0.4, -0.2) is 35.2 Å². The molecule has 0 saturated carbocycles. The van der Waals surface area contributed by atoms with Crippen LogP contribution in [0.25, 0.3) is 0 Å². The number of nitro groups is 1. The Morgan fingerprint density at radius 3 is 2.90 bits per heavy atom. The summed E-state index contributed by atoms with van der Waals surface area (Å²) in [5.41, 5.74) is 0.893. The molecule has 0 unspecified atom stereocenters. The van der Waals surface area contributed by atoms with Gasteiger partial charge in [-0.25, -0.2) is 0 Å². The smallest absolute Gasteiger partial charge is 0.273 e. The summed E-state index contributed by atoms with van der Waals surface area (Å²) in [6, 6.07) is 8.05. The monoisotopic (exact) mass is 291 g/mol. The number of ether oxygens (including phenoxy) is 1. The maximum atomic E-state index is 10.7. The van der Waals surface area contributed by atoms with E-state index in [4.69, 9.17) is 9.26 Å². The minimum Gasteiger partial charge on any atom is -0.492 e. The number of aromatic nitrogens is 1. The van der Waals surface area contributed by atoms with Crippen molar-refractivity contribution in [3.8, 4) is 5.75 Å². The fourth-order valence-corrected chi connectivity index (χ4v) is 1.85. The molecule has 1 aromatic carbocycles. The van der Waals surface area contributed by atoms with Crippen LogP contribution in [0.4, 0.5) is 5.69 Å². The Kier molecular flexibility index (Phi) is 4.89. The van der Waals surface area contributed by atoms with E-state index < -0.39 is 4.92 Å². The van der Waals surface area contributed by atoms with Crippen molar-refractivity contribution in [1.29, 1.82) is 0 Å². The van der Waals surface area contributed by atoms with Gasteiger partial charge in [-0.15, -0.1) is 0 Å². The number of non-ortho nitro benzene ring substituents is 1. The molecule has 0 aliphatic carbocycles. The second-order valence-electron chi connectivity index (χ2n) is 4.77. The Morgan fingerprint density at radius 2 is 2.24 bits per heavy atom. The quantitative estimate of drug-likeness (QED) is 0.575. The third-order valence-corrected chi connectivity index (χ3v) is 2.88. The molecule has 112 valence electrons. The Morgan fingerprint density at radius 1 is 1.43 bits per heavy atom. The van der Waals surface area contributed by atoms with Crippen LogP contribution in [0, 0.1) is 17.0 Å². The lowest BCUT2D eigenvalue weighted by Gasteiger charge is -2.15. The maximum Gasteiger partial charge on any atom is 0.273 e. The summed E-state index contributed by atoms with van der Waals surface area (Å²) in [6.07, 6.45) is 0. The first-order valence-electron chi connectivity index (χ1n) is 6.52. The van der Waals surface area contributed by atoms with Crippen molar-refractivity contribution < 1.29 is 14.2 Å². The molecule has 0 N–H and O–H groups in total. The van der Waals surface area contributed by atoms with Gasteiger partial charge in [0.25, 0.3) is 5.69 Å². The van der Waals surface area contributed by atoms with E-state index in [1.54, 1.807) is 12.1 Å². The SMILES string of the molecule is Cc1cc(CN(C)CCOc2cccc([N+](=O)[O-])c2)no1. The van der Waals surface area contributed by atoms with Crippen molar-refractivity contribution in [3.63, 3.8) is 0 Å². The van der Waals surface area contributed by atoms with Gasteiger partial charge in [0.1, 0.15) is 18.1 Å². The van der Waals surface area contributed by atoms with Crippen molar-refractivity contribution >= 4 is 5.69 Å². The number of hydrogen-bond acceptors (Lipinski definition) is 6. The summed E-state index contributed by atoms with van der Waals surface area (Å²) in [5.74, 6) is 1.28. The van der Waals surface area contributed by atoms with Crippen molar-refractivity contribution in [3.05, 3.63) is 51.9 Å². The number of rotatable bonds is 7. The molecule has 1 aromatic heterocycles. The third kappa shape index (κ3) is 4.57. The molecule has 0 fully saturated rings. The van der Waals surface area contributed by atoms with Gasteiger partial charge in [-0.2, -0.15) is 0 Å². The average Bonchev–Trinajstić information content (AvgIpc) is 2.84.